The fourth-order valence-corrected chi connectivity index (χ4v) is 0.909. The van der Waals surface area contributed by atoms with Gasteiger partial charge in [0.2, 0.25) is 6.17 Å². The summed E-state index contributed by atoms with van der Waals surface area (Å²) in [6.45, 7) is 0. The highest BCUT2D eigenvalue weighted by molar-refractivity contribution is 9.07. The summed E-state index contributed by atoms with van der Waals surface area (Å²) in [5.41, 5.74) is 1.87. The molecule has 1 atom stereocenters. The van der Waals surface area contributed by atoms with Gasteiger partial charge in [0.25, 0.3) is 0 Å². The van der Waals surface area contributed by atoms with Crippen LogP contribution in [0.4, 0.5) is 13.2 Å². The fourth-order valence-electron chi connectivity index (χ4n) is 0.494. The van der Waals surface area contributed by atoms with Gasteiger partial charge in [-0.25, -0.2) is 0 Å². The van der Waals surface area contributed by atoms with Crippen molar-refractivity contribution in [2.24, 2.45) is 5.10 Å². The first-order valence-electron chi connectivity index (χ1n) is 2.31. The van der Waals surface area contributed by atoms with Gasteiger partial charge >= 0.3 is 6.18 Å². The minimum Gasteiger partial charge on any atom is -0.277 e. The number of hydrazone groups is 1. The van der Waals surface area contributed by atoms with Crippen LogP contribution in [0.25, 0.3) is 0 Å². The Bertz CT molecular complexity index is 156. The van der Waals surface area contributed by atoms with E-state index in [1.54, 1.807) is 0 Å². The Labute approximate surface area is 63.2 Å². The van der Waals surface area contributed by atoms with Crippen LogP contribution in [0.2, 0.25) is 0 Å². The van der Waals surface area contributed by atoms with E-state index in [9.17, 15) is 13.2 Å². The molecule has 1 rings (SSSR count). The van der Waals surface area contributed by atoms with E-state index in [2.05, 4.69) is 21.2 Å². The van der Waals surface area contributed by atoms with Crippen LogP contribution in [0.15, 0.2) is 5.10 Å². The molecule has 0 radical (unpaired) electrons. The van der Waals surface area contributed by atoms with E-state index >= 15 is 0 Å². The van der Waals surface area contributed by atoms with Crippen molar-refractivity contribution in [2.45, 2.75) is 12.3 Å². The van der Waals surface area contributed by atoms with Crippen molar-refractivity contribution in [3.05, 3.63) is 0 Å². The number of nitrogens with zero attached hydrogens (tertiary/aromatic N) is 2. The van der Waals surface area contributed by atoms with E-state index in [1.165, 1.54) is 0 Å². The molecule has 0 amide bonds. The van der Waals surface area contributed by atoms with Crippen LogP contribution < -0.4 is 5.43 Å². The molecule has 0 aromatic heterocycles. The fraction of sp³-hybridized carbons (Fsp3) is 0.667. The van der Waals surface area contributed by atoms with Crippen LogP contribution in [-0.2, 0) is 0 Å². The second-order valence-corrected chi connectivity index (χ2v) is 2.48. The number of halogens is 4. The van der Waals surface area contributed by atoms with Crippen molar-refractivity contribution in [1.29, 1.82) is 0 Å². The lowest BCUT2D eigenvalue weighted by molar-refractivity contribution is -0.166. The topological polar surface area (TPSA) is 27.6 Å². The summed E-state index contributed by atoms with van der Waals surface area (Å²) in [7, 11) is 0. The van der Waals surface area contributed by atoms with Crippen LogP contribution in [-0.4, -0.2) is 22.6 Å². The Hall–Kier alpha value is -0.460. The average molecular weight is 218 g/mol. The normalized spacial score (nSPS) is 25.2. The maximum absolute atomic E-state index is 11.8. The lowest BCUT2D eigenvalue weighted by Crippen LogP contribution is -2.44. The summed E-state index contributed by atoms with van der Waals surface area (Å²) in [5.74, 6) is 0. The zero-order valence-corrected chi connectivity index (χ0v) is 6.15. The van der Waals surface area contributed by atoms with Gasteiger partial charge in [-0.2, -0.15) is 18.3 Å². The second-order valence-electron chi connectivity index (χ2n) is 1.66. The predicted molar refractivity (Wildman–Crippen MR) is 32.2 cm³/mol. The molecule has 10 heavy (non-hydrogen) atoms. The van der Waals surface area contributed by atoms with Crippen molar-refractivity contribution < 1.29 is 13.2 Å². The van der Waals surface area contributed by atoms with Gasteiger partial charge in [0, 0.05) is 0 Å². The maximum Gasteiger partial charge on any atom is 0.429 e. The minimum atomic E-state index is -4.31. The van der Waals surface area contributed by atoms with Gasteiger partial charge in [-0.3, -0.25) is 9.35 Å². The van der Waals surface area contributed by atoms with Gasteiger partial charge in [-0.1, -0.05) is 0 Å². The largest absolute Gasteiger partial charge is 0.429 e. The molecule has 0 saturated heterocycles. The summed E-state index contributed by atoms with van der Waals surface area (Å²) in [5, 5.41) is 3.20. The molecule has 1 aliphatic rings. The van der Waals surface area contributed by atoms with Gasteiger partial charge in [-0.15, -0.1) is 0 Å². The summed E-state index contributed by atoms with van der Waals surface area (Å²) >= 11 is 2.64. The third-order valence-electron chi connectivity index (χ3n) is 0.922. The Balaban J connectivity index is 2.60. The molecule has 1 aliphatic heterocycles. The van der Waals surface area contributed by atoms with Crippen molar-refractivity contribution in [3.8, 4) is 0 Å². The molecule has 0 bridgehead atoms. The predicted octanol–water partition coefficient (Wildman–Crippen LogP) is 1.03. The van der Waals surface area contributed by atoms with Crippen molar-refractivity contribution in [1.82, 2.24) is 9.35 Å². The highest BCUT2D eigenvalue weighted by atomic mass is 79.9. The molecule has 58 valence electrons. The summed E-state index contributed by atoms with van der Waals surface area (Å²) in [4.78, 5) is 0. The quantitative estimate of drug-likeness (QED) is 0.615. The lowest BCUT2D eigenvalue weighted by Gasteiger charge is -2.19. The van der Waals surface area contributed by atoms with Gasteiger partial charge in [-0.05, 0) is 0 Å². The Morgan fingerprint density at radius 3 is 2.40 bits per heavy atom. The van der Waals surface area contributed by atoms with Gasteiger partial charge in [0.05, 0.1) is 16.1 Å². The Morgan fingerprint density at radius 1 is 1.60 bits per heavy atom. The minimum absolute atomic E-state index is 0.771. The molecule has 3 nitrogen and oxygen atoms in total. The van der Waals surface area contributed by atoms with Gasteiger partial charge in [0.1, 0.15) is 6.34 Å². The monoisotopic (exact) mass is 217 g/mol. The van der Waals surface area contributed by atoms with E-state index in [0.29, 0.717) is 0 Å². The third kappa shape index (κ3) is 1.34. The molecule has 0 spiro atoms. The summed E-state index contributed by atoms with van der Waals surface area (Å²) in [6.07, 6.45) is -5.04. The first-order chi connectivity index (χ1) is 4.52. The summed E-state index contributed by atoms with van der Waals surface area (Å²) < 4.78 is 36.2. The van der Waals surface area contributed by atoms with Crippen LogP contribution in [0.5, 0.6) is 0 Å². The molecule has 0 aromatic carbocycles. The highest BCUT2D eigenvalue weighted by Gasteiger charge is 2.44. The SMILES string of the molecule is FC(F)(F)C1NN=CN1Br. The van der Waals surface area contributed by atoms with Gasteiger partial charge < -0.3 is 0 Å². The van der Waals surface area contributed by atoms with Crippen LogP contribution in [0.1, 0.15) is 0 Å². The van der Waals surface area contributed by atoms with Gasteiger partial charge in [0.15, 0.2) is 0 Å². The first-order valence-corrected chi connectivity index (χ1v) is 3.02. The van der Waals surface area contributed by atoms with E-state index in [-0.39, 0.29) is 0 Å². The van der Waals surface area contributed by atoms with E-state index in [1.807, 2.05) is 5.43 Å². The number of nitrogens with one attached hydrogen (secondary N) is 1. The molecule has 1 unspecified atom stereocenters. The number of hydrogen-bond donors (Lipinski definition) is 1. The zero-order chi connectivity index (χ0) is 7.78. The zero-order valence-electron chi connectivity index (χ0n) is 4.56. The molecule has 1 N–H and O–H groups in total. The number of rotatable bonds is 0. The molecule has 0 fully saturated rings. The van der Waals surface area contributed by atoms with E-state index in [0.717, 1.165) is 10.3 Å². The molecular weight excluding hydrogens is 215 g/mol. The van der Waals surface area contributed by atoms with Crippen molar-refractivity contribution in [2.75, 3.05) is 0 Å². The standard InChI is InChI=1S/C3H3BrF3N3/c4-10-1-8-9-2(10)3(5,6)7/h1-2,9H. The average Bonchev–Trinajstić information content (AvgIpc) is 2.11. The first kappa shape index (κ1) is 7.64. The molecule has 0 aliphatic carbocycles. The van der Waals surface area contributed by atoms with Crippen LogP contribution in [0.3, 0.4) is 0 Å². The van der Waals surface area contributed by atoms with Crippen molar-refractivity contribution >= 4 is 22.5 Å². The second kappa shape index (κ2) is 2.30. The molecule has 0 aromatic rings. The summed E-state index contributed by atoms with van der Waals surface area (Å²) in [6, 6.07) is 0. The Morgan fingerprint density at radius 2 is 2.20 bits per heavy atom. The van der Waals surface area contributed by atoms with Crippen molar-refractivity contribution in [3.63, 3.8) is 0 Å². The molecule has 1 heterocycles. The van der Waals surface area contributed by atoms with Crippen LogP contribution in [0, 0.1) is 0 Å². The van der Waals surface area contributed by atoms with E-state index in [4.69, 9.17) is 0 Å². The Kier molecular flexibility index (Phi) is 1.76. The lowest BCUT2D eigenvalue weighted by atomic mass is 10.5. The molecule has 0 saturated carbocycles. The third-order valence-corrected chi connectivity index (χ3v) is 1.51. The number of hydrogen-bond acceptors (Lipinski definition) is 3. The smallest absolute Gasteiger partial charge is 0.277 e. The molecule has 7 heteroatoms. The number of alkyl halides is 3. The van der Waals surface area contributed by atoms with E-state index < -0.39 is 12.3 Å². The highest BCUT2D eigenvalue weighted by Crippen LogP contribution is 2.25. The molecular formula is C3H3BrF3N3. The van der Waals surface area contributed by atoms with Crippen LogP contribution >= 0.6 is 16.1 Å². The maximum atomic E-state index is 11.8.